The highest BCUT2D eigenvalue weighted by Gasteiger charge is 2.73. The number of Topliss-reactive ketones (excluding diaryl/α,β-unsaturated/α-hetero) is 2. The van der Waals surface area contributed by atoms with Gasteiger partial charge in [-0.15, -0.1) is 0 Å². The van der Waals surface area contributed by atoms with Crippen molar-refractivity contribution in [2.24, 2.45) is 16.7 Å². The van der Waals surface area contributed by atoms with Gasteiger partial charge in [0.05, 0.1) is 22.7 Å². The first-order valence-corrected chi connectivity index (χ1v) is 9.92. The lowest BCUT2D eigenvalue weighted by molar-refractivity contribution is -0.283. The van der Waals surface area contributed by atoms with Crippen LogP contribution in [-0.2, 0) is 19.1 Å². The number of ketones is 2. The van der Waals surface area contributed by atoms with E-state index in [-0.39, 0.29) is 30.0 Å². The molecule has 0 saturated heterocycles. The molecule has 4 aliphatic rings. The van der Waals surface area contributed by atoms with E-state index in [0.29, 0.717) is 37.2 Å². The van der Waals surface area contributed by atoms with Crippen LogP contribution < -0.4 is 0 Å². The SMILES string of the molecule is C[C@@H]1CC(=O)C2=C(O1)O[C@]1(C)CC[C@]3(O)C(C)(C)[C@H](O)CC(=O)[C@]3(C)[C@@H]1C2. The molecule has 2 N–H and O–H groups in total. The van der Waals surface area contributed by atoms with Gasteiger partial charge in [-0.1, -0.05) is 13.8 Å². The van der Waals surface area contributed by atoms with Crippen LogP contribution in [0.5, 0.6) is 0 Å². The molecule has 0 radical (unpaired) electrons. The fourth-order valence-electron chi connectivity index (χ4n) is 6.13. The van der Waals surface area contributed by atoms with Crippen molar-refractivity contribution in [3.05, 3.63) is 11.5 Å². The molecule has 0 aromatic rings. The number of aliphatic hydroxyl groups excluding tert-OH is 1. The monoisotopic (exact) mass is 378 g/mol. The molecule has 2 heterocycles. The standard InChI is InChI=1S/C21H30O6/c1-11-8-13(22)12-9-14-19(4,27-17(12)26-11)6-7-21(25)18(2,3)15(23)10-16(24)20(14,21)5/h11,14-15,23,25H,6-10H2,1-5H3/t11-,14-,15-,19-,20+,21+/m1/s1. The quantitative estimate of drug-likeness (QED) is 0.672. The fourth-order valence-corrected chi connectivity index (χ4v) is 6.13. The Balaban J connectivity index is 1.84. The normalized spacial score (nSPS) is 48.8. The fraction of sp³-hybridized carbons (Fsp3) is 0.810. The van der Waals surface area contributed by atoms with E-state index in [1.807, 2.05) is 27.7 Å². The summed E-state index contributed by atoms with van der Waals surface area (Å²) in [4.78, 5) is 25.9. The summed E-state index contributed by atoms with van der Waals surface area (Å²) in [6.07, 6.45) is 0.406. The molecule has 0 unspecified atom stereocenters. The van der Waals surface area contributed by atoms with Gasteiger partial charge in [0, 0.05) is 24.2 Å². The van der Waals surface area contributed by atoms with Gasteiger partial charge in [-0.05, 0) is 40.0 Å². The molecule has 2 aliphatic carbocycles. The van der Waals surface area contributed by atoms with Crippen LogP contribution in [0.4, 0.5) is 0 Å². The summed E-state index contributed by atoms with van der Waals surface area (Å²) in [6, 6.07) is 0. The van der Waals surface area contributed by atoms with Gasteiger partial charge in [0.1, 0.15) is 17.5 Å². The first-order chi connectivity index (χ1) is 12.4. The Morgan fingerprint density at radius 2 is 1.70 bits per heavy atom. The minimum atomic E-state index is -1.37. The number of carbonyl (C=O) groups excluding carboxylic acids is 2. The summed E-state index contributed by atoms with van der Waals surface area (Å²) in [5, 5.41) is 22.4. The lowest BCUT2D eigenvalue weighted by Crippen LogP contribution is -2.75. The van der Waals surface area contributed by atoms with E-state index in [2.05, 4.69) is 0 Å². The summed E-state index contributed by atoms with van der Waals surface area (Å²) in [5.41, 5.74) is -3.52. The van der Waals surface area contributed by atoms with E-state index in [9.17, 15) is 19.8 Å². The summed E-state index contributed by atoms with van der Waals surface area (Å²) in [6.45, 7) is 9.25. The van der Waals surface area contributed by atoms with Gasteiger partial charge in [0.2, 0.25) is 0 Å². The van der Waals surface area contributed by atoms with Crippen LogP contribution in [0.15, 0.2) is 11.5 Å². The van der Waals surface area contributed by atoms with E-state index in [0.717, 1.165) is 0 Å². The number of carbonyl (C=O) groups is 2. The molecule has 4 rings (SSSR count). The Bertz CT molecular complexity index is 754. The van der Waals surface area contributed by atoms with Crippen molar-refractivity contribution in [3.8, 4) is 0 Å². The molecule has 2 fully saturated rings. The molecule has 2 aliphatic heterocycles. The smallest absolute Gasteiger partial charge is 0.286 e. The molecule has 0 bridgehead atoms. The molecule has 6 heteroatoms. The maximum atomic E-state index is 13.2. The Morgan fingerprint density at radius 1 is 1.04 bits per heavy atom. The second-order valence-corrected chi connectivity index (χ2v) is 9.92. The van der Waals surface area contributed by atoms with Crippen LogP contribution in [0, 0.1) is 16.7 Å². The maximum absolute atomic E-state index is 13.2. The van der Waals surface area contributed by atoms with Gasteiger partial charge < -0.3 is 19.7 Å². The molecule has 6 nitrogen and oxygen atoms in total. The molecule has 2 saturated carbocycles. The molecule has 0 amide bonds. The van der Waals surface area contributed by atoms with Gasteiger partial charge in [-0.3, -0.25) is 9.59 Å². The van der Waals surface area contributed by atoms with E-state index in [1.54, 1.807) is 6.92 Å². The minimum absolute atomic E-state index is 0.00573. The van der Waals surface area contributed by atoms with Crippen molar-refractivity contribution >= 4 is 11.6 Å². The zero-order chi connectivity index (χ0) is 20.0. The molecule has 6 atom stereocenters. The Morgan fingerprint density at radius 3 is 2.37 bits per heavy atom. The Kier molecular flexibility index (Phi) is 3.75. The van der Waals surface area contributed by atoms with Crippen LogP contribution in [0.25, 0.3) is 0 Å². The predicted molar refractivity (Wildman–Crippen MR) is 96.5 cm³/mol. The zero-order valence-electron chi connectivity index (χ0n) is 16.8. The average Bonchev–Trinajstić information content (AvgIpc) is 2.56. The van der Waals surface area contributed by atoms with Crippen molar-refractivity contribution in [1.29, 1.82) is 0 Å². The van der Waals surface area contributed by atoms with Crippen molar-refractivity contribution < 1.29 is 29.3 Å². The molecule has 0 spiro atoms. The number of hydrogen-bond donors (Lipinski definition) is 2. The highest BCUT2D eigenvalue weighted by atomic mass is 16.7. The van der Waals surface area contributed by atoms with Crippen LogP contribution in [0.1, 0.15) is 66.7 Å². The number of hydrogen-bond acceptors (Lipinski definition) is 6. The molecule has 0 aromatic heterocycles. The van der Waals surface area contributed by atoms with Crippen LogP contribution in [0.3, 0.4) is 0 Å². The summed E-state index contributed by atoms with van der Waals surface area (Å²) in [5.74, 6) is -0.221. The third-order valence-electron chi connectivity index (χ3n) is 8.23. The van der Waals surface area contributed by atoms with Gasteiger partial charge >= 0.3 is 0 Å². The zero-order valence-corrected chi connectivity index (χ0v) is 16.8. The number of rotatable bonds is 0. The molecule has 27 heavy (non-hydrogen) atoms. The van der Waals surface area contributed by atoms with Gasteiger partial charge in [-0.25, -0.2) is 0 Å². The number of allylic oxidation sites excluding steroid dienone is 1. The number of aliphatic hydroxyl groups is 2. The van der Waals surface area contributed by atoms with E-state index < -0.39 is 28.1 Å². The average molecular weight is 378 g/mol. The summed E-state index contributed by atoms with van der Waals surface area (Å²) < 4.78 is 12.0. The molecule has 150 valence electrons. The summed E-state index contributed by atoms with van der Waals surface area (Å²) >= 11 is 0. The highest BCUT2D eigenvalue weighted by Crippen LogP contribution is 2.66. The van der Waals surface area contributed by atoms with Gasteiger partial charge in [-0.2, -0.15) is 0 Å². The van der Waals surface area contributed by atoms with E-state index >= 15 is 0 Å². The Labute approximate surface area is 159 Å². The first-order valence-electron chi connectivity index (χ1n) is 9.92. The van der Waals surface area contributed by atoms with E-state index in [1.165, 1.54) is 0 Å². The molecule has 0 aromatic carbocycles. The van der Waals surface area contributed by atoms with Gasteiger partial charge in [0.25, 0.3) is 5.95 Å². The predicted octanol–water partition coefficient (Wildman–Crippen LogP) is 2.26. The number of ether oxygens (including phenoxy) is 2. The van der Waals surface area contributed by atoms with E-state index in [4.69, 9.17) is 9.47 Å². The minimum Gasteiger partial charge on any atom is -0.462 e. The highest BCUT2D eigenvalue weighted by molar-refractivity contribution is 5.97. The van der Waals surface area contributed by atoms with Crippen molar-refractivity contribution in [2.45, 2.75) is 90.1 Å². The van der Waals surface area contributed by atoms with Crippen LogP contribution >= 0.6 is 0 Å². The van der Waals surface area contributed by atoms with Crippen molar-refractivity contribution in [2.75, 3.05) is 0 Å². The third-order valence-corrected chi connectivity index (χ3v) is 8.23. The Hall–Kier alpha value is -1.40. The third kappa shape index (κ3) is 2.14. The lowest BCUT2D eigenvalue weighted by atomic mass is 9.41. The molecular weight excluding hydrogens is 348 g/mol. The van der Waals surface area contributed by atoms with Crippen molar-refractivity contribution in [1.82, 2.24) is 0 Å². The van der Waals surface area contributed by atoms with Crippen molar-refractivity contribution in [3.63, 3.8) is 0 Å². The molecular formula is C21H30O6. The largest absolute Gasteiger partial charge is 0.462 e. The van der Waals surface area contributed by atoms with Gasteiger partial charge in [0.15, 0.2) is 5.78 Å². The van der Waals surface area contributed by atoms with Crippen LogP contribution in [-0.4, -0.2) is 45.2 Å². The second kappa shape index (κ2) is 5.35. The maximum Gasteiger partial charge on any atom is 0.286 e. The first kappa shape index (κ1) is 18.9. The van der Waals surface area contributed by atoms with Crippen LogP contribution in [0.2, 0.25) is 0 Å². The second-order valence-electron chi connectivity index (χ2n) is 9.92. The topological polar surface area (TPSA) is 93.1 Å². The summed E-state index contributed by atoms with van der Waals surface area (Å²) in [7, 11) is 0. The lowest BCUT2D eigenvalue weighted by Gasteiger charge is -2.67. The number of fused-ring (bicyclic) bond motifs is 3.